The highest BCUT2D eigenvalue weighted by atomic mass is 35.5. The Balaban J connectivity index is 1.38. The fourth-order valence-electron chi connectivity index (χ4n) is 3.42. The molecular formula is C24H20ClN3O3. The van der Waals surface area contributed by atoms with Gasteiger partial charge in [0.25, 0.3) is 11.8 Å². The number of rotatable bonds is 6. The van der Waals surface area contributed by atoms with E-state index >= 15 is 0 Å². The monoisotopic (exact) mass is 433 g/mol. The predicted molar refractivity (Wildman–Crippen MR) is 120 cm³/mol. The van der Waals surface area contributed by atoms with Crippen molar-refractivity contribution in [2.75, 3.05) is 17.2 Å². The molecule has 0 saturated heterocycles. The van der Waals surface area contributed by atoms with E-state index < -0.39 is 17.7 Å². The Labute approximate surface area is 184 Å². The van der Waals surface area contributed by atoms with Crippen LogP contribution in [0.4, 0.5) is 11.4 Å². The average molecular weight is 434 g/mol. The minimum absolute atomic E-state index is 0.320. The molecule has 0 spiro atoms. The zero-order valence-corrected chi connectivity index (χ0v) is 17.6. The van der Waals surface area contributed by atoms with Crippen LogP contribution in [0.5, 0.6) is 0 Å². The van der Waals surface area contributed by atoms with Crippen molar-refractivity contribution in [2.45, 2.75) is 13.5 Å². The molecule has 0 atom stereocenters. The molecule has 4 rings (SSSR count). The van der Waals surface area contributed by atoms with E-state index in [1.165, 1.54) is 0 Å². The summed E-state index contributed by atoms with van der Waals surface area (Å²) in [5.74, 6) is -1.40. The molecule has 31 heavy (non-hydrogen) atoms. The lowest BCUT2D eigenvalue weighted by Crippen LogP contribution is -2.37. The SMILES string of the molecule is Cc1ccc2c(c1)C(=O)N(CC(=O)Nc1ccc(NCc3ccccc3)c(Cl)c1)C2=O. The van der Waals surface area contributed by atoms with Crippen molar-refractivity contribution >= 4 is 40.7 Å². The number of imide groups is 1. The first kappa shape index (κ1) is 20.6. The van der Waals surface area contributed by atoms with Gasteiger partial charge in [0, 0.05) is 12.2 Å². The second-order valence-corrected chi connectivity index (χ2v) is 7.73. The Kier molecular flexibility index (Phi) is 5.73. The van der Waals surface area contributed by atoms with Crippen LogP contribution >= 0.6 is 11.6 Å². The molecule has 0 fully saturated rings. The minimum atomic E-state index is -0.479. The van der Waals surface area contributed by atoms with Crippen molar-refractivity contribution in [3.8, 4) is 0 Å². The zero-order valence-electron chi connectivity index (χ0n) is 16.8. The summed E-state index contributed by atoms with van der Waals surface area (Å²) < 4.78 is 0. The number of aryl methyl sites for hydroxylation is 1. The number of nitrogens with zero attached hydrogens (tertiary/aromatic N) is 1. The smallest absolute Gasteiger partial charge is 0.262 e. The fraction of sp³-hybridized carbons (Fsp3) is 0.125. The van der Waals surface area contributed by atoms with Gasteiger partial charge in [-0.15, -0.1) is 0 Å². The van der Waals surface area contributed by atoms with Gasteiger partial charge in [-0.3, -0.25) is 19.3 Å². The molecule has 0 radical (unpaired) electrons. The molecular weight excluding hydrogens is 414 g/mol. The van der Waals surface area contributed by atoms with E-state index in [0.29, 0.717) is 28.4 Å². The number of nitrogens with one attached hydrogen (secondary N) is 2. The Morgan fingerprint density at radius 3 is 2.42 bits per heavy atom. The summed E-state index contributed by atoms with van der Waals surface area (Å²) in [6, 6.07) is 20.1. The fourth-order valence-corrected chi connectivity index (χ4v) is 3.67. The van der Waals surface area contributed by atoms with Crippen LogP contribution in [-0.2, 0) is 11.3 Å². The van der Waals surface area contributed by atoms with Gasteiger partial charge in [-0.1, -0.05) is 53.6 Å². The molecule has 0 unspecified atom stereocenters. The topological polar surface area (TPSA) is 78.5 Å². The summed E-state index contributed by atoms with van der Waals surface area (Å²) in [5, 5.41) is 6.39. The zero-order chi connectivity index (χ0) is 22.0. The van der Waals surface area contributed by atoms with E-state index in [4.69, 9.17) is 11.6 Å². The van der Waals surface area contributed by atoms with Crippen molar-refractivity contribution in [3.63, 3.8) is 0 Å². The largest absolute Gasteiger partial charge is 0.380 e. The molecule has 1 heterocycles. The summed E-state index contributed by atoms with van der Waals surface area (Å²) in [4.78, 5) is 38.4. The number of hydrogen-bond acceptors (Lipinski definition) is 4. The molecule has 0 saturated carbocycles. The van der Waals surface area contributed by atoms with Gasteiger partial charge in [-0.2, -0.15) is 0 Å². The Morgan fingerprint density at radius 2 is 1.68 bits per heavy atom. The second kappa shape index (κ2) is 8.62. The highest BCUT2D eigenvalue weighted by Crippen LogP contribution is 2.27. The lowest BCUT2D eigenvalue weighted by Gasteiger charge is -2.14. The average Bonchev–Trinajstić information content (AvgIpc) is 2.98. The van der Waals surface area contributed by atoms with Gasteiger partial charge in [-0.05, 0) is 42.8 Å². The van der Waals surface area contributed by atoms with Crippen LogP contribution in [0, 0.1) is 6.92 Å². The van der Waals surface area contributed by atoms with Crippen LogP contribution in [0.25, 0.3) is 0 Å². The van der Waals surface area contributed by atoms with Gasteiger partial charge in [0.1, 0.15) is 6.54 Å². The number of carbonyl (C=O) groups excluding carboxylic acids is 3. The number of benzene rings is 3. The molecule has 7 heteroatoms. The maximum absolute atomic E-state index is 12.5. The van der Waals surface area contributed by atoms with Crippen LogP contribution in [-0.4, -0.2) is 29.2 Å². The van der Waals surface area contributed by atoms with Crippen LogP contribution in [0.2, 0.25) is 5.02 Å². The summed E-state index contributed by atoms with van der Waals surface area (Å²) in [7, 11) is 0. The predicted octanol–water partition coefficient (Wildman–Crippen LogP) is 4.50. The van der Waals surface area contributed by atoms with E-state index in [-0.39, 0.29) is 6.54 Å². The second-order valence-electron chi connectivity index (χ2n) is 7.33. The van der Waals surface area contributed by atoms with Gasteiger partial charge in [0.2, 0.25) is 5.91 Å². The van der Waals surface area contributed by atoms with Gasteiger partial charge in [0.15, 0.2) is 0 Å². The molecule has 3 aromatic rings. The summed E-state index contributed by atoms with van der Waals surface area (Å²) in [5.41, 5.74) is 3.86. The third-order valence-corrected chi connectivity index (χ3v) is 5.32. The Bertz CT molecular complexity index is 1180. The van der Waals surface area contributed by atoms with Gasteiger partial charge in [0.05, 0.1) is 21.8 Å². The van der Waals surface area contributed by atoms with E-state index in [1.807, 2.05) is 37.3 Å². The number of halogens is 1. The third-order valence-electron chi connectivity index (χ3n) is 5.01. The summed E-state index contributed by atoms with van der Waals surface area (Å²) in [6.45, 7) is 2.10. The molecule has 0 bridgehead atoms. The maximum atomic E-state index is 12.5. The van der Waals surface area contributed by atoms with Crippen molar-refractivity contribution < 1.29 is 14.4 Å². The standard InChI is InChI=1S/C24H20ClN3O3/c1-15-7-9-18-19(11-15)24(31)28(23(18)30)14-22(29)27-17-8-10-21(20(25)12-17)26-13-16-5-3-2-4-6-16/h2-12,26H,13-14H2,1H3,(H,27,29). The van der Waals surface area contributed by atoms with E-state index in [0.717, 1.165) is 21.7 Å². The van der Waals surface area contributed by atoms with E-state index in [2.05, 4.69) is 10.6 Å². The van der Waals surface area contributed by atoms with E-state index in [9.17, 15) is 14.4 Å². The first-order valence-corrected chi connectivity index (χ1v) is 10.1. The molecule has 2 N–H and O–H groups in total. The normalized spacial score (nSPS) is 12.6. The van der Waals surface area contributed by atoms with Gasteiger partial charge < -0.3 is 10.6 Å². The molecule has 0 aliphatic carbocycles. The quantitative estimate of drug-likeness (QED) is 0.561. The lowest BCUT2D eigenvalue weighted by atomic mass is 10.1. The molecule has 3 aromatic carbocycles. The van der Waals surface area contributed by atoms with Crippen molar-refractivity contribution in [3.05, 3.63) is 94.0 Å². The van der Waals surface area contributed by atoms with E-state index in [1.54, 1.807) is 36.4 Å². The van der Waals surface area contributed by atoms with Crippen molar-refractivity contribution in [2.24, 2.45) is 0 Å². The first-order chi connectivity index (χ1) is 14.9. The Hall–Kier alpha value is -3.64. The number of fused-ring (bicyclic) bond motifs is 1. The summed E-state index contributed by atoms with van der Waals surface area (Å²) in [6.07, 6.45) is 0. The highest BCUT2D eigenvalue weighted by Gasteiger charge is 2.36. The maximum Gasteiger partial charge on any atom is 0.262 e. The molecule has 1 aliphatic heterocycles. The van der Waals surface area contributed by atoms with Crippen LogP contribution in [0.1, 0.15) is 31.8 Å². The van der Waals surface area contributed by atoms with Crippen LogP contribution < -0.4 is 10.6 Å². The number of amides is 3. The van der Waals surface area contributed by atoms with Crippen LogP contribution in [0.3, 0.4) is 0 Å². The minimum Gasteiger partial charge on any atom is -0.380 e. The molecule has 3 amide bonds. The summed E-state index contributed by atoms with van der Waals surface area (Å²) >= 11 is 6.34. The van der Waals surface area contributed by atoms with Crippen molar-refractivity contribution in [1.29, 1.82) is 0 Å². The highest BCUT2D eigenvalue weighted by molar-refractivity contribution is 6.33. The molecule has 156 valence electrons. The molecule has 6 nitrogen and oxygen atoms in total. The number of carbonyl (C=O) groups is 3. The third kappa shape index (κ3) is 4.44. The number of hydrogen-bond donors (Lipinski definition) is 2. The van der Waals surface area contributed by atoms with Crippen molar-refractivity contribution in [1.82, 2.24) is 4.90 Å². The Morgan fingerprint density at radius 1 is 0.935 bits per heavy atom. The van der Waals surface area contributed by atoms with Gasteiger partial charge >= 0.3 is 0 Å². The number of anilines is 2. The molecule has 0 aromatic heterocycles. The lowest BCUT2D eigenvalue weighted by molar-refractivity contribution is -0.116. The van der Waals surface area contributed by atoms with Crippen LogP contribution in [0.15, 0.2) is 66.7 Å². The van der Waals surface area contributed by atoms with Gasteiger partial charge in [-0.25, -0.2) is 0 Å². The molecule has 1 aliphatic rings. The first-order valence-electron chi connectivity index (χ1n) is 9.76.